The van der Waals surface area contributed by atoms with Crippen molar-refractivity contribution in [3.8, 4) is 0 Å². The summed E-state index contributed by atoms with van der Waals surface area (Å²) in [5, 5.41) is 13.8. The fourth-order valence-corrected chi connectivity index (χ4v) is 4.64. The molecule has 20 heavy (non-hydrogen) atoms. The number of hydrogen-bond acceptors (Lipinski definition) is 6. The summed E-state index contributed by atoms with van der Waals surface area (Å²) < 4.78 is 26.3. The van der Waals surface area contributed by atoms with Crippen molar-refractivity contribution in [2.45, 2.75) is 30.9 Å². The third-order valence-electron chi connectivity index (χ3n) is 2.82. The minimum atomic E-state index is -3.66. The Balaban J connectivity index is 3.17. The Hall–Kier alpha value is -1.19. The van der Waals surface area contributed by atoms with E-state index in [0.717, 1.165) is 30.2 Å². The number of nitrogens with zero attached hydrogens (tertiary/aromatic N) is 2. The van der Waals surface area contributed by atoms with Crippen molar-refractivity contribution in [3.63, 3.8) is 0 Å². The molecular formula is C11H19N3O4S2. The highest BCUT2D eigenvalue weighted by Crippen LogP contribution is 2.37. The van der Waals surface area contributed by atoms with Crippen LogP contribution in [0.4, 0.5) is 10.7 Å². The number of unbranched alkanes of at least 4 members (excludes halogenated alkanes) is 1. The fourth-order valence-electron chi connectivity index (χ4n) is 1.71. The number of anilines is 1. The molecule has 0 fully saturated rings. The molecule has 1 rings (SSSR count). The molecule has 0 saturated carbocycles. The van der Waals surface area contributed by atoms with E-state index in [1.165, 1.54) is 11.4 Å². The van der Waals surface area contributed by atoms with E-state index in [4.69, 9.17) is 0 Å². The van der Waals surface area contributed by atoms with E-state index in [1.54, 1.807) is 6.92 Å². The summed E-state index contributed by atoms with van der Waals surface area (Å²) in [4.78, 5) is 10.3. The van der Waals surface area contributed by atoms with Gasteiger partial charge in [0.05, 0.1) is 4.92 Å². The second-order valence-electron chi connectivity index (χ2n) is 4.14. The quantitative estimate of drug-likeness (QED) is 0.586. The van der Waals surface area contributed by atoms with E-state index < -0.39 is 14.9 Å². The van der Waals surface area contributed by atoms with Crippen LogP contribution >= 0.6 is 11.3 Å². The number of rotatable bonds is 8. The maximum absolute atomic E-state index is 12.5. The molecule has 1 N–H and O–H groups in total. The molecule has 0 aliphatic carbocycles. The van der Waals surface area contributed by atoms with Gasteiger partial charge < -0.3 is 5.32 Å². The van der Waals surface area contributed by atoms with Gasteiger partial charge in [-0.15, -0.1) is 0 Å². The van der Waals surface area contributed by atoms with Crippen molar-refractivity contribution in [1.29, 1.82) is 0 Å². The third-order valence-corrected chi connectivity index (χ3v) is 6.39. The zero-order valence-electron chi connectivity index (χ0n) is 11.7. The first-order chi connectivity index (χ1) is 9.38. The molecule has 9 heteroatoms. The molecule has 0 saturated heterocycles. The molecule has 0 bridgehead atoms. The lowest BCUT2D eigenvalue weighted by atomic mass is 10.3. The molecule has 0 unspecified atom stereocenters. The van der Waals surface area contributed by atoms with Crippen LogP contribution in [0, 0.1) is 10.1 Å². The van der Waals surface area contributed by atoms with Gasteiger partial charge in [0.15, 0.2) is 5.00 Å². The summed E-state index contributed by atoms with van der Waals surface area (Å²) in [6, 6.07) is 1.13. The van der Waals surface area contributed by atoms with E-state index in [0.29, 0.717) is 13.1 Å². The third kappa shape index (κ3) is 3.47. The average Bonchev–Trinajstić information content (AvgIpc) is 2.84. The van der Waals surface area contributed by atoms with Crippen LogP contribution in [-0.4, -0.2) is 37.8 Å². The lowest BCUT2D eigenvalue weighted by Crippen LogP contribution is -2.31. The first-order valence-corrected chi connectivity index (χ1v) is 8.60. The Kier molecular flexibility index (Phi) is 5.90. The van der Waals surface area contributed by atoms with Crippen LogP contribution < -0.4 is 5.32 Å². The van der Waals surface area contributed by atoms with Gasteiger partial charge in [0, 0.05) is 26.2 Å². The van der Waals surface area contributed by atoms with Gasteiger partial charge in [0.1, 0.15) is 4.21 Å². The molecule has 7 nitrogen and oxygen atoms in total. The van der Waals surface area contributed by atoms with Crippen LogP contribution in [0.3, 0.4) is 0 Å². The van der Waals surface area contributed by atoms with E-state index >= 15 is 0 Å². The van der Waals surface area contributed by atoms with Gasteiger partial charge in [-0.05, 0) is 6.42 Å². The summed E-state index contributed by atoms with van der Waals surface area (Å²) in [5.41, 5.74) is -0.206. The van der Waals surface area contributed by atoms with Crippen LogP contribution in [-0.2, 0) is 10.0 Å². The van der Waals surface area contributed by atoms with Crippen molar-refractivity contribution < 1.29 is 13.3 Å². The lowest BCUT2D eigenvalue weighted by Gasteiger charge is -2.18. The second kappa shape index (κ2) is 7.00. The van der Waals surface area contributed by atoms with Crippen LogP contribution in [0.2, 0.25) is 0 Å². The standard InChI is InChI=1S/C11H19N3O4S2/c1-4-6-7-13(5-2)20(17,18)10-8-9(14(15)16)11(12-3)19-10/h8,12H,4-7H2,1-3H3. The first-order valence-electron chi connectivity index (χ1n) is 6.34. The summed E-state index contributed by atoms with van der Waals surface area (Å²) in [5.74, 6) is 0. The predicted molar refractivity (Wildman–Crippen MR) is 79.9 cm³/mol. The Bertz CT molecular complexity index is 568. The molecule has 1 aromatic rings. The SMILES string of the molecule is CCCCN(CC)S(=O)(=O)c1cc([N+](=O)[O-])c(NC)s1. The smallest absolute Gasteiger partial charge is 0.304 e. The van der Waals surface area contributed by atoms with Crippen LogP contribution in [0.15, 0.2) is 10.3 Å². The van der Waals surface area contributed by atoms with Crippen molar-refractivity contribution >= 4 is 32.0 Å². The molecule has 1 aromatic heterocycles. The second-order valence-corrected chi connectivity index (χ2v) is 7.35. The van der Waals surface area contributed by atoms with Crippen molar-refractivity contribution in [2.24, 2.45) is 0 Å². The Labute approximate surface area is 122 Å². The maximum Gasteiger partial charge on any atom is 0.304 e. The average molecular weight is 321 g/mol. The highest BCUT2D eigenvalue weighted by molar-refractivity contribution is 7.91. The van der Waals surface area contributed by atoms with Crippen LogP contribution in [0.1, 0.15) is 26.7 Å². The maximum atomic E-state index is 12.5. The normalized spacial score (nSPS) is 11.8. The molecule has 0 aliphatic heterocycles. The van der Waals surface area contributed by atoms with E-state index in [9.17, 15) is 18.5 Å². The largest absolute Gasteiger partial charge is 0.374 e. The number of nitro groups is 1. The molecule has 114 valence electrons. The minimum Gasteiger partial charge on any atom is -0.374 e. The lowest BCUT2D eigenvalue weighted by molar-refractivity contribution is -0.383. The number of nitrogens with one attached hydrogen (secondary N) is 1. The van der Waals surface area contributed by atoms with Crippen molar-refractivity contribution in [1.82, 2.24) is 4.31 Å². The zero-order chi connectivity index (χ0) is 15.3. The van der Waals surface area contributed by atoms with Gasteiger partial charge in [-0.25, -0.2) is 8.42 Å². The van der Waals surface area contributed by atoms with E-state index in [-0.39, 0.29) is 14.9 Å². The summed E-state index contributed by atoms with van der Waals surface area (Å²) in [7, 11) is -2.13. The predicted octanol–water partition coefficient (Wildman–Crippen LogP) is 2.51. The topological polar surface area (TPSA) is 92.5 Å². The monoisotopic (exact) mass is 321 g/mol. The van der Waals surface area contributed by atoms with E-state index in [2.05, 4.69) is 5.32 Å². The summed E-state index contributed by atoms with van der Waals surface area (Å²) >= 11 is 0.890. The molecule has 0 spiro atoms. The van der Waals surface area contributed by atoms with Gasteiger partial charge in [0.25, 0.3) is 10.0 Å². The Morgan fingerprint density at radius 2 is 2.10 bits per heavy atom. The highest BCUT2D eigenvalue weighted by atomic mass is 32.2. The number of thiophene rings is 1. The first kappa shape index (κ1) is 16.9. The summed E-state index contributed by atoms with van der Waals surface area (Å²) in [6.07, 6.45) is 1.65. The zero-order valence-corrected chi connectivity index (χ0v) is 13.4. The number of sulfonamides is 1. The fraction of sp³-hybridized carbons (Fsp3) is 0.636. The minimum absolute atomic E-state index is 0.00602. The molecular weight excluding hydrogens is 302 g/mol. The van der Waals surface area contributed by atoms with Crippen molar-refractivity contribution in [3.05, 3.63) is 16.2 Å². The van der Waals surface area contributed by atoms with E-state index in [1.807, 2.05) is 6.92 Å². The van der Waals surface area contributed by atoms with Gasteiger partial charge in [0.2, 0.25) is 0 Å². The van der Waals surface area contributed by atoms with Crippen LogP contribution in [0.5, 0.6) is 0 Å². The van der Waals surface area contributed by atoms with Crippen molar-refractivity contribution in [2.75, 3.05) is 25.5 Å². The molecule has 1 heterocycles. The van der Waals surface area contributed by atoms with Crippen LogP contribution in [0.25, 0.3) is 0 Å². The van der Waals surface area contributed by atoms with Gasteiger partial charge in [-0.2, -0.15) is 4.31 Å². The molecule has 0 aromatic carbocycles. The Morgan fingerprint density at radius 1 is 1.45 bits per heavy atom. The van der Waals surface area contributed by atoms with Gasteiger partial charge in [-0.1, -0.05) is 31.6 Å². The number of hydrogen-bond donors (Lipinski definition) is 1. The molecule has 0 aliphatic rings. The van der Waals surface area contributed by atoms with Gasteiger partial charge >= 0.3 is 5.69 Å². The highest BCUT2D eigenvalue weighted by Gasteiger charge is 2.29. The Morgan fingerprint density at radius 3 is 2.50 bits per heavy atom. The molecule has 0 amide bonds. The van der Waals surface area contributed by atoms with Gasteiger partial charge in [-0.3, -0.25) is 10.1 Å². The molecule has 0 atom stereocenters. The molecule has 0 radical (unpaired) electrons. The summed E-state index contributed by atoms with van der Waals surface area (Å²) in [6.45, 7) is 4.52.